The Kier molecular flexibility index (Phi) is 1.17. The van der Waals surface area contributed by atoms with Crippen LogP contribution in [-0.4, -0.2) is 11.9 Å². The SMILES string of the molecule is N#CC1[CH]CC(=O)N1. The molecule has 0 aromatic carbocycles. The van der Waals surface area contributed by atoms with Gasteiger partial charge in [-0.15, -0.1) is 0 Å². The fraction of sp³-hybridized carbons (Fsp3) is 0.400. The third kappa shape index (κ3) is 0.784. The van der Waals surface area contributed by atoms with Crippen molar-refractivity contribution in [1.82, 2.24) is 5.32 Å². The zero-order valence-electron chi connectivity index (χ0n) is 4.22. The van der Waals surface area contributed by atoms with Gasteiger partial charge in [-0.05, 0) is 0 Å². The summed E-state index contributed by atoms with van der Waals surface area (Å²) in [7, 11) is 0. The van der Waals surface area contributed by atoms with Crippen LogP contribution in [0.25, 0.3) is 0 Å². The smallest absolute Gasteiger partial charge is 0.221 e. The Hall–Kier alpha value is -1.04. The van der Waals surface area contributed by atoms with Gasteiger partial charge in [-0.25, -0.2) is 0 Å². The lowest BCUT2D eigenvalue weighted by Gasteiger charge is -1.92. The highest BCUT2D eigenvalue weighted by molar-refractivity contribution is 5.81. The number of carbonyl (C=O) groups excluding carboxylic acids is 1. The topological polar surface area (TPSA) is 52.9 Å². The molecule has 0 aromatic heterocycles. The molecule has 0 spiro atoms. The monoisotopic (exact) mass is 109 g/mol. The van der Waals surface area contributed by atoms with E-state index in [-0.39, 0.29) is 11.9 Å². The average Bonchev–Trinajstić information content (AvgIpc) is 2.14. The fourth-order valence-corrected chi connectivity index (χ4v) is 0.601. The molecule has 1 N–H and O–H groups in total. The Balaban J connectivity index is 2.47. The van der Waals surface area contributed by atoms with Gasteiger partial charge in [0.25, 0.3) is 0 Å². The van der Waals surface area contributed by atoms with E-state index in [4.69, 9.17) is 5.26 Å². The number of nitriles is 1. The normalized spacial score (nSPS) is 26.9. The van der Waals surface area contributed by atoms with Crippen LogP contribution in [-0.2, 0) is 4.79 Å². The van der Waals surface area contributed by atoms with Gasteiger partial charge >= 0.3 is 0 Å². The predicted molar refractivity (Wildman–Crippen MR) is 26.5 cm³/mol. The maximum atomic E-state index is 10.3. The van der Waals surface area contributed by atoms with Crippen LogP contribution in [0.2, 0.25) is 0 Å². The molecule has 41 valence electrons. The highest BCUT2D eigenvalue weighted by atomic mass is 16.1. The summed E-state index contributed by atoms with van der Waals surface area (Å²) in [6, 6.07) is 1.56. The van der Waals surface area contributed by atoms with Gasteiger partial charge in [0.2, 0.25) is 5.91 Å². The van der Waals surface area contributed by atoms with Crippen molar-refractivity contribution in [3.05, 3.63) is 6.42 Å². The maximum Gasteiger partial charge on any atom is 0.221 e. The van der Waals surface area contributed by atoms with Crippen molar-refractivity contribution < 1.29 is 4.79 Å². The van der Waals surface area contributed by atoms with Crippen molar-refractivity contribution in [2.75, 3.05) is 0 Å². The second-order valence-corrected chi connectivity index (χ2v) is 1.61. The van der Waals surface area contributed by atoms with Crippen LogP contribution in [0.5, 0.6) is 0 Å². The molecule has 1 atom stereocenters. The number of nitrogens with zero attached hydrogens (tertiary/aromatic N) is 1. The standard InChI is InChI=1S/C5H5N2O/c6-3-4-1-2-5(8)7-4/h1,4H,2H2,(H,7,8). The van der Waals surface area contributed by atoms with Gasteiger partial charge in [0.15, 0.2) is 0 Å². The lowest BCUT2D eigenvalue weighted by Crippen LogP contribution is -2.23. The molecule has 1 radical (unpaired) electrons. The molecule has 1 aliphatic rings. The van der Waals surface area contributed by atoms with E-state index in [0.29, 0.717) is 6.42 Å². The summed E-state index contributed by atoms with van der Waals surface area (Å²) in [5, 5.41) is 10.6. The summed E-state index contributed by atoms with van der Waals surface area (Å²) in [6.45, 7) is 0. The Labute approximate surface area is 47.3 Å². The van der Waals surface area contributed by atoms with Gasteiger partial charge < -0.3 is 5.32 Å². The molecule has 1 unspecified atom stereocenters. The van der Waals surface area contributed by atoms with Crippen LogP contribution in [0.4, 0.5) is 0 Å². The number of hydrogen-bond acceptors (Lipinski definition) is 2. The predicted octanol–water partition coefficient (Wildman–Crippen LogP) is -0.397. The molecule has 3 nitrogen and oxygen atoms in total. The van der Waals surface area contributed by atoms with Crippen LogP contribution in [0, 0.1) is 17.8 Å². The van der Waals surface area contributed by atoms with Gasteiger partial charge in [0.1, 0.15) is 6.04 Å². The van der Waals surface area contributed by atoms with Crippen molar-refractivity contribution in [2.45, 2.75) is 12.5 Å². The van der Waals surface area contributed by atoms with Crippen LogP contribution in [0.15, 0.2) is 0 Å². The second kappa shape index (κ2) is 1.83. The number of nitrogens with one attached hydrogen (secondary N) is 1. The van der Waals surface area contributed by atoms with E-state index >= 15 is 0 Å². The number of carbonyl (C=O) groups is 1. The molecule has 3 heteroatoms. The minimum absolute atomic E-state index is 0.0587. The molecule has 8 heavy (non-hydrogen) atoms. The zero-order valence-corrected chi connectivity index (χ0v) is 4.22. The third-order valence-corrected chi connectivity index (χ3v) is 0.995. The molecule has 0 saturated carbocycles. The minimum atomic E-state index is -0.345. The van der Waals surface area contributed by atoms with Crippen LogP contribution in [0.3, 0.4) is 0 Å². The van der Waals surface area contributed by atoms with Crippen LogP contribution < -0.4 is 5.32 Å². The summed E-state index contributed by atoms with van der Waals surface area (Å²) in [5.74, 6) is -0.0587. The van der Waals surface area contributed by atoms with E-state index in [1.807, 2.05) is 6.07 Å². The van der Waals surface area contributed by atoms with Gasteiger partial charge in [0, 0.05) is 12.8 Å². The maximum absolute atomic E-state index is 10.3. The Bertz CT molecular complexity index is 147. The van der Waals surface area contributed by atoms with E-state index in [1.165, 1.54) is 0 Å². The largest absolute Gasteiger partial charge is 0.340 e. The van der Waals surface area contributed by atoms with Crippen molar-refractivity contribution >= 4 is 5.91 Å². The highest BCUT2D eigenvalue weighted by Gasteiger charge is 2.19. The number of amides is 1. The van der Waals surface area contributed by atoms with Crippen molar-refractivity contribution in [2.24, 2.45) is 0 Å². The quantitative estimate of drug-likeness (QED) is 0.460. The average molecular weight is 109 g/mol. The van der Waals surface area contributed by atoms with E-state index in [1.54, 1.807) is 6.42 Å². The summed E-state index contributed by atoms with van der Waals surface area (Å²) < 4.78 is 0. The highest BCUT2D eigenvalue weighted by Crippen LogP contribution is 2.02. The molecule has 1 saturated heterocycles. The first-order chi connectivity index (χ1) is 3.83. The van der Waals surface area contributed by atoms with Crippen molar-refractivity contribution in [3.8, 4) is 6.07 Å². The lowest BCUT2D eigenvalue weighted by atomic mass is 10.2. The van der Waals surface area contributed by atoms with E-state index < -0.39 is 0 Å². The lowest BCUT2D eigenvalue weighted by molar-refractivity contribution is -0.119. The third-order valence-electron chi connectivity index (χ3n) is 0.995. The molecule has 0 bridgehead atoms. The first kappa shape index (κ1) is 5.10. The first-order valence-electron chi connectivity index (χ1n) is 2.35. The molecule has 1 heterocycles. The van der Waals surface area contributed by atoms with Crippen LogP contribution >= 0.6 is 0 Å². The molecule has 1 rings (SSSR count). The van der Waals surface area contributed by atoms with Gasteiger partial charge in [0.05, 0.1) is 6.07 Å². The second-order valence-electron chi connectivity index (χ2n) is 1.61. The fourth-order valence-electron chi connectivity index (χ4n) is 0.601. The molecular formula is C5H5N2O. The zero-order chi connectivity index (χ0) is 5.98. The molecule has 0 aromatic rings. The van der Waals surface area contributed by atoms with Gasteiger partial charge in [-0.1, -0.05) is 0 Å². The Morgan fingerprint density at radius 1 is 2.00 bits per heavy atom. The summed E-state index contributed by atoms with van der Waals surface area (Å²) in [5.41, 5.74) is 0. The van der Waals surface area contributed by atoms with Gasteiger partial charge in [-0.3, -0.25) is 4.79 Å². The van der Waals surface area contributed by atoms with Crippen molar-refractivity contribution in [1.29, 1.82) is 5.26 Å². The Morgan fingerprint density at radius 2 is 2.75 bits per heavy atom. The molecule has 1 fully saturated rings. The number of rotatable bonds is 0. The van der Waals surface area contributed by atoms with Crippen molar-refractivity contribution in [3.63, 3.8) is 0 Å². The summed E-state index contributed by atoms with van der Waals surface area (Å²) in [6.07, 6.45) is 2.04. The minimum Gasteiger partial charge on any atom is -0.340 e. The first-order valence-corrected chi connectivity index (χ1v) is 2.35. The summed E-state index contributed by atoms with van der Waals surface area (Å²) in [4.78, 5) is 10.3. The van der Waals surface area contributed by atoms with E-state index in [9.17, 15) is 4.79 Å². The molecule has 0 aliphatic carbocycles. The number of hydrogen-bond donors (Lipinski definition) is 1. The molecule has 1 amide bonds. The van der Waals surface area contributed by atoms with E-state index in [0.717, 1.165) is 0 Å². The van der Waals surface area contributed by atoms with E-state index in [2.05, 4.69) is 5.32 Å². The Morgan fingerprint density at radius 3 is 3.00 bits per heavy atom. The molecule has 1 aliphatic heterocycles. The van der Waals surface area contributed by atoms with Crippen LogP contribution in [0.1, 0.15) is 6.42 Å². The summed E-state index contributed by atoms with van der Waals surface area (Å²) >= 11 is 0. The van der Waals surface area contributed by atoms with Gasteiger partial charge in [-0.2, -0.15) is 5.26 Å². The molecular weight excluding hydrogens is 104 g/mol.